The van der Waals surface area contributed by atoms with Gasteiger partial charge in [-0.25, -0.2) is 0 Å². The van der Waals surface area contributed by atoms with Gasteiger partial charge in [0.25, 0.3) is 0 Å². The maximum absolute atomic E-state index is 12.8. The predicted octanol–water partition coefficient (Wildman–Crippen LogP) is 14.1. The third kappa shape index (κ3) is 11.0. The fourth-order valence-electron chi connectivity index (χ4n) is 11.7. The van der Waals surface area contributed by atoms with E-state index in [1.165, 1.54) is 6.92 Å². The molecule has 12 rings (SSSR count). The monoisotopic (exact) mass is 1280 g/mol. The molecule has 12 aromatic rings. The van der Waals surface area contributed by atoms with E-state index in [1.807, 2.05) is 121 Å². The minimum atomic E-state index is -3.79. The number of carbonyl (C=O) groups is 1. The number of carbonyl (C=O) groups excluding carboxylic acids is 1. The summed E-state index contributed by atoms with van der Waals surface area (Å²) in [4.78, 5) is 12.8. The fraction of sp³-hybridized carbons (Fsp3) is 0.0135. The van der Waals surface area contributed by atoms with Gasteiger partial charge in [-0.3, -0.25) is 0 Å². The molecule has 0 aliphatic heterocycles. The van der Waals surface area contributed by atoms with Gasteiger partial charge in [0.1, 0.15) is 0 Å². The van der Waals surface area contributed by atoms with Gasteiger partial charge in [-0.05, 0) is 0 Å². The molecule has 0 spiro atoms. The van der Waals surface area contributed by atoms with Crippen LogP contribution in [-0.2, 0) is 33.5 Å². The maximum atomic E-state index is 12.8. The Morgan fingerprint density at radius 2 is 0.357 bits per heavy atom. The summed E-state index contributed by atoms with van der Waals surface area (Å²) in [5.74, 6) is -6.99. The van der Waals surface area contributed by atoms with Gasteiger partial charge in [-0.15, -0.1) is 0 Å². The van der Waals surface area contributed by atoms with Crippen molar-refractivity contribution in [2.45, 2.75) is 6.92 Å². The second kappa shape index (κ2) is 27.3. The molecule has 84 heavy (non-hydrogen) atoms. The molecule has 420 valence electrons. The molecule has 4 nitrogen and oxygen atoms in total. The van der Waals surface area contributed by atoms with Crippen LogP contribution in [-0.4, -0.2) is 5.97 Å². The first kappa shape index (κ1) is 60.8. The molecule has 0 N–H and O–H groups in total. The summed E-state index contributed by atoms with van der Waals surface area (Å²) >= 11 is 14.3. The van der Waals surface area contributed by atoms with Gasteiger partial charge in [0.05, 0.1) is 0 Å². The minimum absolute atomic E-state index is 0.303. The van der Waals surface area contributed by atoms with Gasteiger partial charge < -0.3 is 0 Å². The van der Waals surface area contributed by atoms with Crippen molar-refractivity contribution in [2.75, 3.05) is 0 Å². The zero-order chi connectivity index (χ0) is 58.7. The van der Waals surface area contributed by atoms with Crippen LogP contribution in [0.3, 0.4) is 0 Å². The Morgan fingerprint density at radius 1 is 0.250 bits per heavy atom. The van der Waals surface area contributed by atoms with E-state index in [0.29, 0.717) is 0 Å². The quantitative estimate of drug-likeness (QED) is 0.0853. The van der Waals surface area contributed by atoms with Crippen molar-refractivity contribution in [2.24, 2.45) is 0 Å². The number of hydrogen-bond donors (Lipinski definition) is 0. The topological polar surface area (TPSA) is 60.4 Å². The van der Waals surface area contributed by atoms with Crippen molar-refractivity contribution in [1.82, 2.24) is 0 Å². The molecule has 0 heterocycles. The first-order valence-corrected chi connectivity index (χ1v) is 37.2. The summed E-state index contributed by atoms with van der Waals surface area (Å²) in [5, 5.41) is 13.2. The average Bonchev–Trinajstić information content (AvgIpc) is 1.23. The van der Waals surface area contributed by atoms with Gasteiger partial charge in [-0.2, -0.15) is 0 Å². The van der Waals surface area contributed by atoms with Crippen molar-refractivity contribution < 1.29 is 33.5 Å². The predicted molar refractivity (Wildman–Crippen MR) is 359 cm³/mol. The Hall–Kier alpha value is -7.80. The van der Waals surface area contributed by atoms with Crippen LogP contribution in [0.2, 0.25) is 0 Å². The standard InChI is InChI=1S/C26H23O2P.2C24H20ClP.2O.Ru/c1-22(27)28-29(23-14-6-2-7-15-23,24-16-8-3-9-17-24,25-18-10-4-11-19-25)26-20-12-5-13-21-26;2*25-26(21-13-5-1-6-14-21,22-15-7-2-8-16-22,23-17-9-3-10-18-23)24-19-11-4-12-20-24;;;/h2-21H,1H3;2*1-20H;;;. The van der Waals surface area contributed by atoms with Crippen molar-refractivity contribution >= 4 is 111 Å². The second-order valence-corrected chi connectivity index (χ2v) is 36.6. The van der Waals surface area contributed by atoms with Crippen LogP contribution in [0.15, 0.2) is 364 Å². The molecule has 0 bridgehead atoms. The Balaban J connectivity index is 0.000000148. The number of rotatable bonds is 13. The molecule has 0 aliphatic rings. The third-order valence-corrected chi connectivity index (χ3v) is 35.8. The molecular formula is C74H63Cl2O4P3Ru. The van der Waals surface area contributed by atoms with Crippen LogP contribution < -0.4 is 63.7 Å². The van der Waals surface area contributed by atoms with Crippen LogP contribution in [0.5, 0.6) is 0 Å². The van der Waals surface area contributed by atoms with Crippen molar-refractivity contribution in [1.29, 1.82) is 0 Å². The van der Waals surface area contributed by atoms with Crippen molar-refractivity contribution in [3.8, 4) is 0 Å². The van der Waals surface area contributed by atoms with E-state index >= 15 is 0 Å². The van der Waals surface area contributed by atoms with Gasteiger partial charge in [-0.1, -0.05) is 0 Å². The molecule has 0 atom stereocenters. The van der Waals surface area contributed by atoms with E-state index in [9.17, 15) is 4.79 Å². The molecule has 0 unspecified atom stereocenters. The van der Waals surface area contributed by atoms with E-state index in [2.05, 4.69) is 243 Å². The molecule has 0 radical (unpaired) electrons. The molecule has 0 saturated heterocycles. The number of halogens is 2. The van der Waals surface area contributed by atoms with Crippen LogP contribution in [0, 0.1) is 0 Å². The van der Waals surface area contributed by atoms with Crippen LogP contribution in [0.25, 0.3) is 0 Å². The van der Waals surface area contributed by atoms with E-state index in [0.717, 1.165) is 63.7 Å². The average molecular weight is 1280 g/mol. The van der Waals surface area contributed by atoms with E-state index in [-0.39, 0.29) is 5.97 Å². The first-order valence-electron chi connectivity index (χ1n) is 27.3. The summed E-state index contributed by atoms with van der Waals surface area (Å²) in [6, 6.07) is 125. The zero-order valence-corrected chi connectivity index (χ0v) is 52.2. The molecule has 0 aliphatic carbocycles. The van der Waals surface area contributed by atoms with Crippen LogP contribution in [0.1, 0.15) is 6.92 Å². The molecule has 0 fully saturated rings. The summed E-state index contributed by atoms with van der Waals surface area (Å²) in [5.41, 5.74) is 0. The molecule has 0 saturated carbocycles. The molecule has 0 amide bonds. The normalized spacial score (nSPS) is 12.5. The zero-order valence-electron chi connectivity index (χ0n) is 46.2. The third-order valence-electron chi connectivity index (χ3n) is 15.2. The van der Waals surface area contributed by atoms with Gasteiger partial charge >= 0.3 is 515 Å². The number of benzene rings is 12. The second-order valence-electron chi connectivity index (χ2n) is 19.7. The van der Waals surface area contributed by atoms with E-state index in [4.69, 9.17) is 34.2 Å². The SMILES string of the molecule is CC(=O)OP(c1ccccc1)(c1ccccc1)(c1ccccc1)c1ccccc1.ClP(c1ccccc1)(c1ccccc1)(c1ccccc1)c1ccccc1.ClP(c1ccccc1)(c1ccccc1)(c1ccccc1)c1ccccc1.[O]=[Ru]=[O]. The molecule has 12 aromatic carbocycles. The fourth-order valence-corrected chi connectivity index (χ4v) is 29.5. The molecular weight excluding hydrogens is 1220 g/mol. The van der Waals surface area contributed by atoms with Crippen molar-refractivity contribution in [3.05, 3.63) is 364 Å². The first-order chi connectivity index (χ1) is 41.1. The van der Waals surface area contributed by atoms with E-state index < -0.39 is 35.8 Å². The molecule has 0 aromatic heterocycles. The summed E-state index contributed by atoms with van der Waals surface area (Å²) in [6.45, 7) is -2.29. The molecule has 10 heteroatoms. The van der Waals surface area contributed by atoms with Crippen LogP contribution >= 0.6 is 41.2 Å². The Morgan fingerprint density at radius 3 is 0.464 bits per heavy atom. The Labute approximate surface area is 511 Å². The summed E-state index contributed by atoms with van der Waals surface area (Å²) in [7, 11) is 0. The Bertz CT molecular complexity index is 3340. The number of hydrogen-bond acceptors (Lipinski definition) is 4. The van der Waals surface area contributed by atoms with Gasteiger partial charge in [0, 0.05) is 0 Å². The summed E-state index contributed by atoms with van der Waals surface area (Å²) in [6.07, 6.45) is 0. The Kier molecular flexibility index (Phi) is 19.7. The van der Waals surface area contributed by atoms with Crippen molar-refractivity contribution in [3.63, 3.8) is 0 Å². The summed E-state index contributed by atoms with van der Waals surface area (Å²) < 4.78 is 23.6. The van der Waals surface area contributed by atoms with E-state index in [1.54, 1.807) is 0 Å². The van der Waals surface area contributed by atoms with Gasteiger partial charge in [0.2, 0.25) is 0 Å². The van der Waals surface area contributed by atoms with Gasteiger partial charge in [0.15, 0.2) is 0 Å². The van der Waals surface area contributed by atoms with Crippen LogP contribution in [0.4, 0.5) is 0 Å².